The van der Waals surface area contributed by atoms with Gasteiger partial charge in [0.25, 0.3) is 0 Å². The molecule has 5 nitrogen and oxygen atoms in total. The average Bonchev–Trinajstić information content (AvgIpc) is 2.76. The van der Waals surface area contributed by atoms with Crippen molar-refractivity contribution in [3.05, 3.63) is 65.2 Å². The van der Waals surface area contributed by atoms with Gasteiger partial charge < -0.3 is 14.2 Å². The van der Waals surface area contributed by atoms with Crippen LogP contribution in [0.4, 0.5) is 0 Å². The predicted molar refractivity (Wildman–Crippen MR) is 112 cm³/mol. The maximum absolute atomic E-state index is 12.5. The molecule has 0 aliphatic carbocycles. The number of esters is 2. The molecule has 156 valence electrons. The van der Waals surface area contributed by atoms with Crippen LogP contribution in [0.2, 0.25) is 0 Å². The molecule has 0 radical (unpaired) electrons. The molecular formula is C24H30O5. The average molecular weight is 398 g/mol. The molecule has 2 rings (SSSR count). The minimum atomic E-state index is -0.567. The molecule has 2 aromatic rings. The molecule has 0 N–H and O–H groups in total. The first kappa shape index (κ1) is 22.5. The zero-order chi connectivity index (χ0) is 20.9. The summed E-state index contributed by atoms with van der Waals surface area (Å²) in [5.74, 6) is -0.418. The summed E-state index contributed by atoms with van der Waals surface area (Å²) in [6.45, 7) is 2.60. The standard InChI is InChI=1S/C24H30O5/c1-3-4-5-6-7-12-17-28-23(25)20-14-9-10-15-21(20)24(26)29-18-19-13-8-11-16-22(19)27-2/h8-11,13-16H,3-7,12,17-18H2,1-2H3. The summed E-state index contributed by atoms with van der Waals surface area (Å²) < 4.78 is 16.0. The Labute approximate surface area is 173 Å². The highest BCUT2D eigenvalue weighted by molar-refractivity contribution is 6.03. The summed E-state index contributed by atoms with van der Waals surface area (Å²) >= 11 is 0. The highest BCUT2D eigenvalue weighted by Crippen LogP contribution is 2.20. The minimum Gasteiger partial charge on any atom is -0.496 e. The first-order chi connectivity index (χ1) is 14.2. The summed E-state index contributed by atoms with van der Waals surface area (Å²) in [5, 5.41) is 0. The number of hydrogen-bond acceptors (Lipinski definition) is 5. The number of ether oxygens (including phenoxy) is 3. The van der Waals surface area contributed by atoms with E-state index in [4.69, 9.17) is 14.2 Å². The molecule has 0 spiro atoms. The molecule has 0 amide bonds. The number of carbonyl (C=O) groups is 2. The summed E-state index contributed by atoms with van der Waals surface area (Å²) in [4.78, 5) is 25.0. The van der Waals surface area contributed by atoms with Crippen LogP contribution in [0.1, 0.15) is 71.7 Å². The molecule has 0 aliphatic heterocycles. The van der Waals surface area contributed by atoms with E-state index < -0.39 is 11.9 Å². The summed E-state index contributed by atoms with van der Waals surface area (Å²) in [5.41, 5.74) is 1.19. The lowest BCUT2D eigenvalue weighted by molar-refractivity contribution is 0.0434. The molecule has 29 heavy (non-hydrogen) atoms. The van der Waals surface area contributed by atoms with Crippen LogP contribution in [0.5, 0.6) is 5.75 Å². The number of rotatable bonds is 12. The second kappa shape index (κ2) is 12.6. The molecule has 5 heteroatoms. The van der Waals surface area contributed by atoms with Crippen molar-refractivity contribution in [2.75, 3.05) is 13.7 Å². The van der Waals surface area contributed by atoms with Gasteiger partial charge >= 0.3 is 11.9 Å². The topological polar surface area (TPSA) is 61.8 Å². The minimum absolute atomic E-state index is 0.0595. The third-order valence-corrected chi connectivity index (χ3v) is 4.65. The Balaban J connectivity index is 1.90. The molecular weight excluding hydrogens is 368 g/mol. The molecule has 0 unspecified atom stereocenters. The molecule has 0 saturated carbocycles. The first-order valence-electron chi connectivity index (χ1n) is 10.2. The largest absolute Gasteiger partial charge is 0.496 e. The van der Waals surface area contributed by atoms with Gasteiger partial charge in [0.2, 0.25) is 0 Å². The lowest BCUT2D eigenvalue weighted by Crippen LogP contribution is -2.14. The zero-order valence-electron chi connectivity index (χ0n) is 17.3. The Morgan fingerprint density at radius 2 is 1.34 bits per heavy atom. The van der Waals surface area contributed by atoms with Crippen molar-refractivity contribution in [2.45, 2.75) is 52.1 Å². The van der Waals surface area contributed by atoms with Gasteiger partial charge in [0.15, 0.2) is 0 Å². The first-order valence-corrected chi connectivity index (χ1v) is 10.2. The van der Waals surface area contributed by atoms with Crippen LogP contribution in [0, 0.1) is 0 Å². The van der Waals surface area contributed by atoms with Gasteiger partial charge in [-0.25, -0.2) is 9.59 Å². The number of benzene rings is 2. The number of methoxy groups -OCH3 is 1. The number of carbonyl (C=O) groups excluding carboxylic acids is 2. The van der Waals surface area contributed by atoms with E-state index in [2.05, 4.69) is 6.92 Å². The Morgan fingerprint density at radius 1 is 0.759 bits per heavy atom. The van der Waals surface area contributed by atoms with Crippen molar-refractivity contribution in [3.63, 3.8) is 0 Å². The quantitative estimate of drug-likeness (QED) is 0.345. The van der Waals surface area contributed by atoms with Gasteiger partial charge in [-0.3, -0.25) is 0 Å². The maximum Gasteiger partial charge on any atom is 0.339 e. The van der Waals surface area contributed by atoms with E-state index in [-0.39, 0.29) is 17.7 Å². The van der Waals surface area contributed by atoms with E-state index in [9.17, 15) is 9.59 Å². The summed E-state index contributed by atoms with van der Waals surface area (Å²) in [7, 11) is 1.57. The third-order valence-electron chi connectivity index (χ3n) is 4.65. The lowest BCUT2D eigenvalue weighted by atomic mass is 10.1. The van der Waals surface area contributed by atoms with E-state index in [0.29, 0.717) is 12.4 Å². The third kappa shape index (κ3) is 7.26. The molecule has 0 aromatic heterocycles. The Morgan fingerprint density at radius 3 is 2.03 bits per heavy atom. The highest BCUT2D eigenvalue weighted by atomic mass is 16.5. The van der Waals surface area contributed by atoms with Gasteiger partial charge in [-0.1, -0.05) is 69.4 Å². The van der Waals surface area contributed by atoms with E-state index in [1.165, 1.54) is 19.3 Å². The fourth-order valence-electron chi connectivity index (χ4n) is 3.01. The van der Waals surface area contributed by atoms with E-state index in [1.54, 1.807) is 37.4 Å². The van der Waals surface area contributed by atoms with Crippen LogP contribution >= 0.6 is 0 Å². The van der Waals surface area contributed by atoms with Gasteiger partial charge in [-0.05, 0) is 24.6 Å². The van der Waals surface area contributed by atoms with Crippen molar-refractivity contribution < 1.29 is 23.8 Å². The zero-order valence-corrected chi connectivity index (χ0v) is 17.3. The fourth-order valence-corrected chi connectivity index (χ4v) is 3.01. The SMILES string of the molecule is CCCCCCCCOC(=O)c1ccccc1C(=O)OCc1ccccc1OC. The molecule has 0 fully saturated rings. The second-order valence-electron chi connectivity index (χ2n) is 6.84. The van der Waals surface area contributed by atoms with Gasteiger partial charge in [0, 0.05) is 5.56 Å². The Bertz CT molecular complexity index is 784. The monoisotopic (exact) mass is 398 g/mol. The van der Waals surface area contributed by atoms with Crippen LogP contribution in [0.25, 0.3) is 0 Å². The maximum atomic E-state index is 12.5. The number of hydrogen-bond donors (Lipinski definition) is 0. The highest BCUT2D eigenvalue weighted by Gasteiger charge is 2.19. The van der Waals surface area contributed by atoms with Crippen molar-refractivity contribution >= 4 is 11.9 Å². The number of para-hydroxylation sites is 1. The smallest absolute Gasteiger partial charge is 0.339 e. The predicted octanol–water partition coefficient (Wildman–Crippen LogP) is 5.57. The van der Waals surface area contributed by atoms with Crippen LogP contribution in [-0.4, -0.2) is 25.7 Å². The van der Waals surface area contributed by atoms with Crippen LogP contribution < -0.4 is 4.74 Å². The lowest BCUT2D eigenvalue weighted by Gasteiger charge is -2.11. The van der Waals surface area contributed by atoms with Gasteiger partial charge in [-0.15, -0.1) is 0 Å². The van der Waals surface area contributed by atoms with Crippen molar-refractivity contribution in [3.8, 4) is 5.75 Å². The molecule has 0 atom stereocenters. The summed E-state index contributed by atoms with van der Waals surface area (Å²) in [6, 6.07) is 13.9. The molecule has 0 saturated heterocycles. The van der Waals surface area contributed by atoms with Crippen LogP contribution in [0.15, 0.2) is 48.5 Å². The molecule has 2 aromatic carbocycles. The van der Waals surface area contributed by atoms with Crippen molar-refractivity contribution in [2.24, 2.45) is 0 Å². The normalized spacial score (nSPS) is 10.4. The Kier molecular flexibility index (Phi) is 9.76. The van der Waals surface area contributed by atoms with E-state index in [1.807, 2.05) is 18.2 Å². The molecule has 0 bridgehead atoms. The fraction of sp³-hybridized carbons (Fsp3) is 0.417. The number of unbranched alkanes of at least 4 members (excludes halogenated alkanes) is 5. The van der Waals surface area contributed by atoms with Crippen LogP contribution in [-0.2, 0) is 16.1 Å². The van der Waals surface area contributed by atoms with Crippen molar-refractivity contribution in [1.29, 1.82) is 0 Å². The van der Waals surface area contributed by atoms with Crippen LogP contribution in [0.3, 0.4) is 0 Å². The van der Waals surface area contributed by atoms with Gasteiger partial charge in [0.05, 0.1) is 24.8 Å². The second-order valence-corrected chi connectivity index (χ2v) is 6.84. The molecule has 0 heterocycles. The summed E-state index contributed by atoms with van der Waals surface area (Å²) in [6.07, 6.45) is 6.68. The Hall–Kier alpha value is -2.82. The van der Waals surface area contributed by atoms with E-state index >= 15 is 0 Å². The molecule has 0 aliphatic rings. The van der Waals surface area contributed by atoms with E-state index in [0.717, 1.165) is 24.8 Å². The van der Waals surface area contributed by atoms with Gasteiger partial charge in [-0.2, -0.15) is 0 Å². The van der Waals surface area contributed by atoms with Crippen molar-refractivity contribution in [1.82, 2.24) is 0 Å². The van der Waals surface area contributed by atoms with Gasteiger partial charge in [0.1, 0.15) is 12.4 Å².